The van der Waals surface area contributed by atoms with Gasteiger partial charge in [-0.15, -0.1) is 11.3 Å². The van der Waals surface area contributed by atoms with Crippen molar-refractivity contribution in [2.75, 3.05) is 11.9 Å². The maximum absolute atomic E-state index is 11.3. The summed E-state index contributed by atoms with van der Waals surface area (Å²) in [6.45, 7) is 3.95. The Balaban J connectivity index is 2.25. The highest BCUT2D eigenvalue weighted by atomic mass is 32.1. The summed E-state index contributed by atoms with van der Waals surface area (Å²) in [6.07, 6.45) is 0.878. The van der Waals surface area contributed by atoms with E-state index in [1.807, 2.05) is 24.9 Å². The molecule has 2 aromatic rings. The van der Waals surface area contributed by atoms with Crippen molar-refractivity contribution < 1.29 is 9.90 Å². The number of anilines is 1. The van der Waals surface area contributed by atoms with Crippen LogP contribution in [0, 0.1) is 6.92 Å². The minimum atomic E-state index is -0.942. The average Bonchev–Trinajstić information content (AvgIpc) is 2.90. The second-order valence-corrected chi connectivity index (χ2v) is 5.90. The van der Waals surface area contributed by atoms with Crippen LogP contribution >= 0.6 is 11.3 Å². The Morgan fingerprint density at radius 3 is 2.80 bits per heavy atom. The van der Waals surface area contributed by atoms with Crippen LogP contribution in [0.25, 0.3) is 0 Å². The second kappa shape index (κ2) is 6.05. The van der Waals surface area contributed by atoms with Gasteiger partial charge in [0.25, 0.3) is 0 Å². The SMILES string of the molecule is Cc1ccc(C(=O)O)c(N(C)C(C)Cc2cccs2)n1. The number of aromatic nitrogens is 1. The lowest BCUT2D eigenvalue weighted by atomic mass is 10.1. The van der Waals surface area contributed by atoms with E-state index in [1.165, 1.54) is 4.88 Å². The molecule has 4 nitrogen and oxygen atoms in total. The van der Waals surface area contributed by atoms with E-state index in [0.29, 0.717) is 5.82 Å². The fraction of sp³-hybridized carbons (Fsp3) is 0.333. The van der Waals surface area contributed by atoms with Crippen molar-refractivity contribution in [2.24, 2.45) is 0 Å². The standard InChI is InChI=1S/C15H18N2O2S/c1-10-6-7-13(15(18)19)14(16-10)17(3)11(2)9-12-5-4-8-20-12/h4-8,11H,9H2,1-3H3,(H,18,19). The van der Waals surface area contributed by atoms with Gasteiger partial charge in [0.05, 0.1) is 0 Å². The van der Waals surface area contributed by atoms with Gasteiger partial charge < -0.3 is 10.0 Å². The van der Waals surface area contributed by atoms with Crippen molar-refractivity contribution >= 4 is 23.1 Å². The zero-order valence-electron chi connectivity index (χ0n) is 11.8. The van der Waals surface area contributed by atoms with Crippen LogP contribution in [0.2, 0.25) is 0 Å². The van der Waals surface area contributed by atoms with Crippen LogP contribution in [0.1, 0.15) is 27.9 Å². The lowest BCUT2D eigenvalue weighted by Gasteiger charge is -2.27. The van der Waals surface area contributed by atoms with Gasteiger partial charge in [0.1, 0.15) is 11.4 Å². The zero-order chi connectivity index (χ0) is 14.7. The maximum atomic E-state index is 11.3. The topological polar surface area (TPSA) is 53.4 Å². The number of nitrogens with zero attached hydrogens (tertiary/aromatic N) is 2. The molecule has 0 fully saturated rings. The van der Waals surface area contributed by atoms with Gasteiger partial charge in [0.15, 0.2) is 0 Å². The third-order valence-electron chi connectivity index (χ3n) is 3.32. The number of carboxylic acid groups (broad SMARTS) is 1. The summed E-state index contributed by atoms with van der Waals surface area (Å²) >= 11 is 1.71. The molecule has 0 radical (unpaired) electrons. The molecule has 2 heterocycles. The number of rotatable bonds is 5. The van der Waals surface area contributed by atoms with Crippen LogP contribution < -0.4 is 4.90 Å². The van der Waals surface area contributed by atoms with Crippen molar-refractivity contribution in [3.05, 3.63) is 45.8 Å². The predicted octanol–water partition coefficient (Wildman–Crippen LogP) is 3.22. The molecule has 2 rings (SSSR count). The van der Waals surface area contributed by atoms with Crippen molar-refractivity contribution in [3.63, 3.8) is 0 Å². The molecule has 1 atom stereocenters. The molecule has 0 aromatic carbocycles. The highest BCUT2D eigenvalue weighted by Crippen LogP contribution is 2.22. The highest BCUT2D eigenvalue weighted by Gasteiger charge is 2.19. The van der Waals surface area contributed by atoms with E-state index in [-0.39, 0.29) is 11.6 Å². The smallest absolute Gasteiger partial charge is 0.339 e. The number of pyridine rings is 1. The highest BCUT2D eigenvalue weighted by molar-refractivity contribution is 7.09. The fourth-order valence-corrected chi connectivity index (χ4v) is 2.87. The van der Waals surface area contributed by atoms with Crippen LogP contribution in [0.3, 0.4) is 0 Å². The van der Waals surface area contributed by atoms with Gasteiger partial charge in [-0.3, -0.25) is 0 Å². The van der Waals surface area contributed by atoms with E-state index in [2.05, 4.69) is 23.4 Å². The van der Waals surface area contributed by atoms with Crippen LogP contribution in [0.4, 0.5) is 5.82 Å². The molecule has 20 heavy (non-hydrogen) atoms. The fourth-order valence-electron chi connectivity index (χ4n) is 2.04. The first-order valence-corrected chi connectivity index (χ1v) is 7.33. The van der Waals surface area contributed by atoms with Gasteiger partial charge >= 0.3 is 5.97 Å². The molecule has 2 aromatic heterocycles. The normalized spacial score (nSPS) is 12.2. The third-order valence-corrected chi connectivity index (χ3v) is 4.22. The Morgan fingerprint density at radius 1 is 1.45 bits per heavy atom. The van der Waals surface area contributed by atoms with Crippen molar-refractivity contribution in [2.45, 2.75) is 26.3 Å². The largest absolute Gasteiger partial charge is 0.478 e. The number of aromatic carboxylic acids is 1. The number of carbonyl (C=O) groups is 1. The van der Waals surface area contributed by atoms with Crippen molar-refractivity contribution in [1.82, 2.24) is 4.98 Å². The van der Waals surface area contributed by atoms with Crippen molar-refractivity contribution in [1.29, 1.82) is 0 Å². The summed E-state index contributed by atoms with van der Waals surface area (Å²) < 4.78 is 0. The molecule has 0 spiro atoms. The first kappa shape index (κ1) is 14.5. The Hall–Kier alpha value is -1.88. The van der Waals surface area contributed by atoms with Crippen LogP contribution in [0.5, 0.6) is 0 Å². The van der Waals surface area contributed by atoms with Crippen molar-refractivity contribution in [3.8, 4) is 0 Å². The average molecular weight is 290 g/mol. The molecule has 0 amide bonds. The molecule has 0 aliphatic heterocycles. The van der Waals surface area contributed by atoms with Gasteiger partial charge in [0.2, 0.25) is 0 Å². The maximum Gasteiger partial charge on any atom is 0.339 e. The summed E-state index contributed by atoms with van der Waals surface area (Å²) in [5.74, 6) is -0.413. The van der Waals surface area contributed by atoms with E-state index in [1.54, 1.807) is 23.5 Å². The zero-order valence-corrected chi connectivity index (χ0v) is 12.6. The number of likely N-dealkylation sites (N-methyl/N-ethyl adjacent to an activating group) is 1. The summed E-state index contributed by atoms with van der Waals surface area (Å²) in [4.78, 5) is 18.9. The van der Waals surface area contributed by atoms with Gasteiger partial charge in [-0.05, 0) is 37.4 Å². The molecule has 0 saturated heterocycles. The Kier molecular flexibility index (Phi) is 4.39. The van der Waals surface area contributed by atoms with Crippen LogP contribution in [-0.2, 0) is 6.42 Å². The predicted molar refractivity (Wildman–Crippen MR) is 81.8 cm³/mol. The number of hydrogen-bond donors (Lipinski definition) is 1. The molecular weight excluding hydrogens is 272 g/mol. The van der Waals surface area contributed by atoms with E-state index in [4.69, 9.17) is 0 Å². The third kappa shape index (κ3) is 3.17. The summed E-state index contributed by atoms with van der Waals surface area (Å²) in [7, 11) is 1.90. The quantitative estimate of drug-likeness (QED) is 0.918. The summed E-state index contributed by atoms with van der Waals surface area (Å²) in [5.41, 5.74) is 1.07. The molecular formula is C15H18N2O2S. The van der Waals surface area contributed by atoms with E-state index < -0.39 is 5.97 Å². The summed E-state index contributed by atoms with van der Waals surface area (Å²) in [6, 6.07) is 7.65. The monoisotopic (exact) mass is 290 g/mol. The lowest BCUT2D eigenvalue weighted by molar-refractivity contribution is 0.0697. The Morgan fingerprint density at radius 2 is 2.20 bits per heavy atom. The van der Waals surface area contributed by atoms with Crippen LogP contribution in [0.15, 0.2) is 29.6 Å². The molecule has 1 N–H and O–H groups in total. The second-order valence-electron chi connectivity index (χ2n) is 4.87. The number of hydrogen-bond acceptors (Lipinski definition) is 4. The summed E-state index contributed by atoms with van der Waals surface area (Å²) in [5, 5.41) is 11.3. The molecule has 5 heteroatoms. The van der Waals surface area contributed by atoms with Gasteiger partial charge in [0, 0.05) is 30.1 Å². The van der Waals surface area contributed by atoms with E-state index >= 15 is 0 Å². The lowest BCUT2D eigenvalue weighted by Crippen LogP contribution is -2.32. The van der Waals surface area contributed by atoms with Gasteiger partial charge in [-0.2, -0.15) is 0 Å². The first-order valence-electron chi connectivity index (χ1n) is 6.45. The molecule has 0 aliphatic rings. The Bertz CT molecular complexity index is 596. The number of aryl methyl sites for hydroxylation is 1. The van der Waals surface area contributed by atoms with Gasteiger partial charge in [-0.1, -0.05) is 6.07 Å². The minimum Gasteiger partial charge on any atom is -0.478 e. The molecule has 106 valence electrons. The number of thiophene rings is 1. The Labute approximate surface area is 122 Å². The van der Waals surface area contributed by atoms with E-state index in [0.717, 1.165) is 12.1 Å². The number of carboxylic acids is 1. The molecule has 0 saturated carbocycles. The van der Waals surface area contributed by atoms with Crippen LogP contribution in [-0.4, -0.2) is 29.1 Å². The molecule has 0 bridgehead atoms. The first-order chi connectivity index (χ1) is 9.49. The van der Waals surface area contributed by atoms with E-state index in [9.17, 15) is 9.90 Å². The minimum absolute atomic E-state index is 0.182. The van der Waals surface area contributed by atoms with Gasteiger partial charge in [-0.25, -0.2) is 9.78 Å². The molecule has 1 unspecified atom stereocenters. The molecule has 0 aliphatic carbocycles.